The van der Waals surface area contributed by atoms with E-state index in [2.05, 4.69) is 34.8 Å². The number of carbonyl (C=O) groups is 2. The second kappa shape index (κ2) is 17.6. The Morgan fingerprint density at radius 3 is 1.77 bits per heavy atom. The molecule has 4 nitrogen and oxygen atoms in total. The molecular weight excluding hydrogens is 489 g/mol. The van der Waals surface area contributed by atoms with Gasteiger partial charge in [-0.05, 0) is 46.7 Å². The highest BCUT2D eigenvalue weighted by molar-refractivity contribution is 14.1. The van der Waals surface area contributed by atoms with Crippen molar-refractivity contribution in [1.82, 2.24) is 5.32 Å². The zero-order valence-electron chi connectivity index (χ0n) is 18.6. The predicted octanol–water partition coefficient (Wildman–Crippen LogP) is 6.88. The van der Waals surface area contributed by atoms with Gasteiger partial charge in [-0.1, -0.05) is 96.1 Å². The lowest BCUT2D eigenvalue weighted by Gasteiger charge is -2.14. The molecule has 1 rings (SSSR count). The van der Waals surface area contributed by atoms with E-state index in [1.807, 2.05) is 24.3 Å². The van der Waals surface area contributed by atoms with Gasteiger partial charge in [-0.3, -0.25) is 4.79 Å². The number of carboxylic acid groups (broad SMARTS) is 1. The molecule has 170 valence electrons. The maximum absolute atomic E-state index is 12.1. The number of unbranched alkanes of at least 4 members (excludes halogenated alkanes) is 12. The average molecular weight is 530 g/mol. The molecule has 0 heterocycles. The first-order chi connectivity index (χ1) is 14.5. The van der Waals surface area contributed by atoms with Gasteiger partial charge in [0.2, 0.25) is 5.91 Å². The quantitative estimate of drug-likeness (QED) is 0.161. The minimum absolute atomic E-state index is 0.156. The maximum atomic E-state index is 12.1. The topological polar surface area (TPSA) is 66.4 Å². The van der Waals surface area contributed by atoms with Crippen molar-refractivity contribution in [2.24, 2.45) is 0 Å². The molecule has 0 bridgehead atoms. The highest BCUT2D eigenvalue weighted by atomic mass is 127. The molecule has 0 radical (unpaired) electrons. The summed E-state index contributed by atoms with van der Waals surface area (Å²) >= 11 is 2.22. The van der Waals surface area contributed by atoms with Crippen LogP contribution in [0.15, 0.2) is 24.3 Å². The third-order valence-corrected chi connectivity index (χ3v) is 6.21. The molecule has 0 fully saturated rings. The van der Waals surface area contributed by atoms with E-state index in [0.29, 0.717) is 12.8 Å². The van der Waals surface area contributed by atoms with Crippen LogP contribution in [0.5, 0.6) is 0 Å². The van der Waals surface area contributed by atoms with Gasteiger partial charge in [0.05, 0.1) is 0 Å². The standard InChI is InChI=1S/C25H40INO3/c1-2-3-4-5-6-7-8-9-10-11-12-13-14-15-24(28)27-23(25(29)30)20-21-16-18-22(26)19-17-21/h16-19,23H,2-15,20H2,1H3,(H,27,28)(H,29,30)/t23-/m0/s1. The van der Waals surface area contributed by atoms with Crippen molar-refractivity contribution < 1.29 is 14.7 Å². The molecule has 5 heteroatoms. The van der Waals surface area contributed by atoms with Gasteiger partial charge < -0.3 is 10.4 Å². The van der Waals surface area contributed by atoms with E-state index in [4.69, 9.17) is 0 Å². The van der Waals surface area contributed by atoms with Crippen molar-refractivity contribution in [3.8, 4) is 0 Å². The summed E-state index contributed by atoms with van der Waals surface area (Å²) in [6, 6.07) is 6.86. The van der Waals surface area contributed by atoms with Crippen molar-refractivity contribution in [2.75, 3.05) is 0 Å². The van der Waals surface area contributed by atoms with Crippen molar-refractivity contribution >= 4 is 34.5 Å². The van der Waals surface area contributed by atoms with Crippen LogP contribution in [0.25, 0.3) is 0 Å². The zero-order valence-corrected chi connectivity index (χ0v) is 20.8. The predicted molar refractivity (Wildman–Crippen MR) is 133 cm³/mol. The number of nitrogens with one attached hydrogen (secondary N) is 1. The van der Waals surface area contributed by atoms with Crippen LogP contribution >= 0.6 is 22.6 Å². The number of benzene rings is 1. The Balaban J connectivity index is 2.04. The molecule has 2 N–H and O–H groups in total. The number of carboxylic acids is 1. The van der Waals surface area contributed by atoms with Gasteiger partial charge in [0, 0.05) is 16.4 Å². The van der Waals surface area contributed by atoms with Gasteiger partial charge in [-0.2, -0.15) is 0 Å². The third-order valence-electron chi connectivity index (χ3n) is 5.49. The number of hydrogen-bond acceptors (Lipinski definition) is 2. The van der Waals surface area contributed by atoms with E-state index >= 15 is 0 Å². The molecule has 0 aliphatic carbocycles. The van der Waals surface area contributed by atoms with Gasteiger partial charge in [0.25, 0.3) is 0 Å². The Labute approximate surface area is 196 Å². The minimum Gasteiger partial charge on any atom is -0.480 e. The molecular formula is C25H40INO3. The number of carbonyl (C=O) groups excluding carboxylic acids is 1. The van der Waals surface area contributed by atoms with Crippen LogP contribution in [0.2, 0.25) is 0 Å². The van der Waals surface area contributed by atoms with E-state index in [-0.39, 0.29) is 5.91 Å². The highest BCUT2D eigenvalue weighted by Crippen LogP contribution is 2.13. The normalized spacial score (nSPS) is 11.9. The number of amides is 1. The first-order valence-corrected chi connectivity index (χ1v) is 12.9. The van der Waals surface area contributed by atoms with Crippen molar-refractivity contribution in [3.05, 3.63) is 33.4 Å². The lowest BCUT2D eigenvalue weighted by atomic mass is 10.0. The largest absolute Gasteiger partial charge is 0.480 e. The Morgan fingerprint density at radius 2 is 1.30 bits per heavy atom. The van der Waals surface area contributed by atoms with Gasteiger partial charge >= 0.3 is 5.97 Å². The van der Waals surface area contributed by atoms with E-state index in [0.717, 1.165) is 28.4 Å². The number of aliphatic carboxylic acids is 1. The van der Waals surface area contributed by atoms with Gasteiger partial charge in [-0.15, -0.1) is 0 Å². The Bertz CT molecular complexity index is 589. The van der Waals surface area contributed by atoms with Crippen molar-refractivity contribution in [3.63, 3.8) is 0 Å². The second-order valence-corrected chi connectivity index (χ2v) is 9.53. The molecule has 0 aliphatic heterocycles. The lowest BCUT2D eigenvalue weighted by molar-refractivity contribution is -0.141. The Hall–Kier alpha value is -1.11. The van der Waals surface area contributed by atoms with Crippen LogP contribution in [0, 0.1) is 3.57 Å². The first kappa shape index (κ1) is 26.9. The molecule has 1 atom stereocenters. The molecule has 30 heavy (non-hydrogen) atoms. The van der Waals surface area contributed by atoms with Gasteiger partial charge in [-0.25, -0.2) is 4.79 Å². The summed E-state index contributed by atoms with van der Waals surface area (Å²) in [5.41, 5.74) is 0.920. The monoisotopic (exact) mass is 529 g/mol. The molecule has 0 unspecified atom stereocenters. The fourth-order valence-electron chi connectivity index (χ4n) is 3.63. The molecule has 1 aromatic rings. The van der Waals surface area contributed by atoms with Crippen LogP contribution < -0.4 is 5.32 Å². The van der Waals surface area contributed by atoms with E-state index < -0.39 is 12.0 Å². The minimum atomic E-state index is -0.979. The molecule has 0 saturated carbocycles. The number of hydrogen-bond donors (Lipinski definition) is 2. The van der Waals surface area contributed by atoms with E-state index in [1.165, 1.54) is 64.2 Å². The second-order valence-electron chi connectivity index (χ2n) is 8.28. The van der Waals surface area contributed by atoms with E-state index in [9.17, 15) is 14.7 Å². The smallest absolute Gasteiger partial charge is 0.326 e. The summed E-state index contributed by atoms with van der Waals surface area (Å²) in [4.78, 5) is 23.6. The van der Waals surface area contributed by atoms with Gasteiger partial charge in [0.1, 0.15) is 6.04 Å². The van der Waals surface area contributed by atoms with Gasteiger partial charge in [0.15, 0.2) is 0 Å². The lowest BCUT2D eigenvalue weighted by Crippen LogP contribution is -2.42. The van der Waals surface area contributed by atoms with E-state index in [1.54, 1.807) is 0 Å². The van der Waals surface area contributed by atoms with Crippen LogP contribution in [0.4, 0.5) is 0 Å². The number of halogens is 1. The summed E-state index contributed by atoms with van der Waals surface area (Å²) in [5, 5.41) is 12.1. The maximum Gasteiger partial charge on any atom is 0.326 e. The molecule has 1 amide bonds. The Morgan fingerprint density at radius 1 is 0.833 bits per heavy atom. The summed E-state index contributed by atoms with van der Waals surface area (Å²) in [5.74, 6) is -1.14. The molecule has 0 saturated heterocycles. The summed E-state index contributed by atoms with van der Waals surface area (Å²) in [6.45, 7) is 2.26. The summed E-state index contributed by atoms with van der Waals surface area (Å²) in [6.07, 6.45) is 17.2. The number of rotatable bonds is 18. The molecule has 0 spiro atoms. The molecule has 0 aromatic heterocycles. The summed E-state index contributed by atoms with van der Waals surface area (Å²) < 4.78 is 1.11. The third kappa shape index (κ3) is 14.0. The van der Waals surface area contributed by atoms with Crippen LogP contribution in [-0.4, -0.2) is 23.0 Å². The first-order valence-electron chi connectivity index (χ1n) is 11.8. The highest BCUT2D eigenvalue weighted by Gasteiger charge is 2.20. The summed E-state index contributed by atoms with van der Waals surface area (Å²) in [7, 11) is 0. The fourth-order valence-corrected chi connectivity index (χ4v) is 3.99. The van der Waals surface area contributed by atoms with Crippen molar-refractivity contribution in [2.45, 2.75) is 109 Å². The van der Waals surface area contributed by atoms with Crippen molar-refractivity contribution in [1.29, 1.82) is 0 Å². The van der Waals surface area contributed by atoms with Crippen LogP contribution in [0.3, 0.4) is 0 Å². The molecule has 1 aromatic carbocycles. The SMILES string of the molecule is CCCCCCCCCCCCCCCC(=O)N[C@@H](Cc1ccc(I)cc1)C(=O)O. The average Bonchev–Trinajstić information content (AvgIpc) is 2.72. The fraction of sp³-hybridized carbons (Fsp3) is 0.680. The van der Waals surface area contributed by atoms with Crippen LogP contribution in [-0.2, 0) is 16.0 Å². The molecule has 0 aliphatic rings. The Kier molecular flexibility index (Phi) is 15.8. The van der Waals surface area contributed by atoms with Crippen LogP contribution in [0.1, 0.15) is 102 Å². The zero-order chi connectivity index (χ0) is 22.0.